The Hall–Kier alpha value is -2.91. The Morgan fingerprint density at radius 1 is 1.02 bits per heavy atom. The third kappa shape index (κ3) is 7.23. The molecular weight excluding hydrogens is 510 g/mol. The number of alkyl carbamates (subject to hydrolysis) is 1. The number of likely N-dealkylation sites (tertiary alicyclic amines) is 1. The molecule has 2 aliphatic heterocycles. The van der Waals surface area contributed by atoms with Crippen LogP contribution in [0.1, 0.15) is 83.9 Å². The summed E-state index contributed by atoms with van der Waals surface area (Å²) in [6.45, 7) is 14.9. The molecule has 4 rings (SSSR count). The summed E-state index contributed by atoms with van der Waals surface area (Å²) < 4.78 is 32.1. The molecule has 0 bridgehead atoms. The second-order valence-electron chi connectivity index (χ2n) is 12.9. The van der Waals surface area contributed by atoms with Crippen molar-refractivity contribution < 1.29 is 28.0 Å². The highest BCUT2D eigenvalue weighted by Crippen LogP contribution is 2.36. The molecule has 1 N–H and O–H groups in total. The van der Waals surface area contributed by atoms with Crippen LogP contribution in [0.25, 0.3) is 0 Å². The van der Waals surface area contributed by atoms with Crippen LogP contribution in [0.5, 0.6) is 0 Å². The second-order valence-corrected chi connectivity index (χ2v) is 12.9. The van der Waals surface area contributed by atoms with Crippen molar-refractivity contribution in [3.05, 3.63) is 65.0 Å². The van der Waals surface area contributed by atoms with Crippen molar-refractivity contribution in [2.75, 3.05) is 13.1 Å². The van der Waals surface area contributed by atoms with E-state index in [0.29, 0.717) is 31.0 Å². The van der Waals surface area contributed by atoms with E-state index in [1.807, 2.05) is 65.5 Å². The maximum Gasteiger partial charge on any atom is 0.497 e. The Kier molecular flexibility index (Phi) is 8.67. The van der Waals surface area contributed by atoms with Crippen molar-refractivity contribution in [1.82, 2.24) is 10.2 Å². The number of rotatable bonds is 6. The molecule has 0 aliphatic carbocycles. The molecule has 40 heavy (non-hydrogen) atoms. The lowest BCUT2D eigenvalue weighted by atomic mass is 9.77. The van der Waals surface area contributed by atoms with Gasteiger partial charge >= 0.3 is 13.2 Å². The zero-order valence-electron chi connectivity index (χ0n) is 24.8. The number of halogens is 1. The van der Waals surface area contributed by atoms with Crippen molar-refractivity contribution in [2.24, 2.45) is 0 Å². The van der Waals surface area contributed by atoms with E-state index in [-0.39, 0.29) is 12.3 Å². The van der Waals surface area contributed by atoms with Crippen molar-refractivity contribution in [2.45, 2.75) is 97.0 Å². The monoisotopic (exact) mass is 552 g/mol. The van der Waals surface area contributed by atoms with E-state index in [1.165, 1.54) is 11.6 Å². The molecule has 0 aromatic heterocycles. The van der Waals surface area contributed by atoms with Crippen LogP contribution in [0.15, 0.2) is 42.5 Å². The van der Waals surface area contributed by atoms with Crippen LogP contribution in [-0.2, 0) is 31.8 Å². The van der Waals surface area contributed by atoms with Gasteiger partial charge in [0, 0.05) is 25.1 Å². The Balaban J connectivity index is 1.31. The van der Waals surface area contributed by atoms with Gasteiger partial charge in [0.1, 0.15) is 11.4 Å². The van der Waals surface area contributed by atoms with Gasteiger partial charge < -0.3 is 24.3 Å². The first-order valence-corrected chi connectivity index (χ1v) is 14.1. The molecule has 0 spiro atoms. The highest BCUT2D eigenvalue weighted by molar-refractivity contribution is 6.62. The maximum absolute atomic E-state index is 14.7. The molecule has 2 saturated heterocycles. The minimum atomic E-state index is -0.814. The Labute approximate surface area is 237 Å². The van der Waals surface area contributed by atoms with E-state index in [1.54, 1.807) is 12.1 Å². The highest BCUT2D eigenvalue weighted by atomic mass is 19.1. The fourth-order valence-electron chi connectivity index (χ4n) is 5.05. The standard InChI is InChI=1S/C31H42BFN2O5/c1-29(2,3)38-28(37)34-20-22-9-8-10-24(17-22)23-13-15-35(16-14-23)27(36)19-21-11-12-26(33)25(18-21)32-39-30(4,5)31(6,7)40-32/h8-12,17-18,23H,13-16,19-20H2,1-7H3,(H,34,37). The van der Waals surface area contributed by atoms with Gasteiger partial charge in [-0.2, -0.15) is 0 Å². The molecule has 9 heteroatoms. The summed E-state index contributed by atoms with van der Waals surface area (Å²) in [5.74, 6) is -0.0365. The molecule has 2 aromatic carbocycles. The summed E-state index contributed by atoms with van der Waals surface area (Å²) in [7, 11) is -0.814. The van der Waals surface area contributed by atoms with Crippen LogP contribution in [-0.4, -0.2) is 53.9 Å². The number of nitrogens with one attached hydrogen (secondary N) is 1. The van der Waals surface area contributed by atoms with Crippen LogP contribution < -0.4 is 10.8 Å². The zero-order valence-corrected chi connectivity index (χ0v) is 24.8. The van der Waals surface area contributed by atoms with E-state index < -0.39 is 35.8 Å². The van der Waals surface area contributed by atoms with Crippen LogP contribution in [0, 0.1) is 5.82 Å². The Morgan fingerprint density at radius 3 is 2.30 bits per heavy atom. The number of nitrogens with zero attached hydrogens (tertiary/aromatic N) is 1. The molecule has 216 valence electrons. The first kappa shape index (κ1) is 30.1. The topological polar surface area (TPSA) is 77.1 Å². The summed E-state index contributed by atoms with van der Waals surface area (Å²) in [6, 6.07) is 13.0. The fraction of sp³-hybridized carbons (Fsp3) is 0.548. The van der Waals surface area contributed by atoms with Gasteiger partial charge in [-0.3, -0.25) is 4.79 Å². The second kappa shape index (κ2) is 11.5. The van der Waals surface area contributed by atoms with Gasteiger partial charge in [0.05, 0.1) is 17.6 Å². The number of amides is 2. The van der Waals surface area contributed by atoms with E-state index in [4.69, 9.17) is 14.0 Å². The van der Waals surface area contributed by atoms with Crippen LogP contribution in [0.2, 0.25) is 0 Å². The molecule has 0 radical (unpaired) electrons. The highest BCUT2D eigenvalue weighted by Gasteiger charge is 2.52. The summed E-state index contributed by atoms with van der Waals surface area (Å²) in [5.41, 5.74) is 1.59. The average Bonchev–Trinajstić information content (AvgIpc) is 3.09. The zero-order chi connectivity index (χ0) is 29.3. The maximum atomic E-state index is 14.7. The molecule has 2 heterocycles. The van der Waals surface area contributed by atoms with Gasteiger partial charge in [0.25, 0.3) is 0 Å². The molecular formula is C31H42BFN2O5. The fourth-order valence-corrected chi connectivity index (χ4v) is 5.05. The largest absolute Gasteiger partial charge is 0.497 e. The molecule has 2 amide bonds. The summed E-state index contributed by atoms with van der Waals surface area (Å²) in [6.07, 6.45) is 1.48. The van der Waals surface area contributed by atoms with Gasteiger partial charge in [-0.05, 0) is 90.0 Å². The predicted molar refractivity (Wildman–Crippen MR) is 154 cm³/mol. The van der Waals surface area contributed by atoms with Crippen LogP contribution >= 0.6 is 0 Å². The van der Waals surface area contributed by atoms with Gasteiger partial charge in [-0.25, -0.2) is 9.18 Å². The number of carbonyl (C=O) groups is 2. The Bertz CT molecular complexity index is 1220. The van der Waals surface area contributed by atoms with Crippen molar-refractivity contribution in [1.29, 1.82) is 0 Å². The van der Waals surface area contributed by atoms with Gasteiger partial charge in [-0.15, -0.1) is 0 Å². The number of hydrogen-bond acceptors (Lipinski definition) is 5. The third-order valence-electron chi connectivity index (χ3n) is 8.03. The smallest absolute Gasteiger partial charge is 0.444 e. The number of carbonyl (C=O) groups excluding carboxylic acids is 2. The summed E-state index contributed by atoms with van der Waals surface area (Å²) in [4.78, 5) is 27.0. The third-order valence-corrected chi connectivity index (χ3v) is 8.03. The lowest BCUT2D eigenvalue weighted by Crippen LogP contribution is -2.41. The van der Waals surface area contributed by atoms with Gasteiger partial charge in [0.15, 0.2) is 0 Å². The lowest BCUT2D eigenvalue weighted by Gasteiger charge is -2.32. The predicted octanol–water partition coefficient (Wildman–Crippen LogP) is 5.10. The first-order valence-electron chi connectivity index (χ1n) is 14.1. The molecule has 0 atom stereocenters. The van der Waals surface area contributed by atoms with Crippen LogP contribution in [0.3, 0.4) is 0 Å². The van der Waals surface area contributed by atoms with Crippen molar-refractivity contribution in [3.63, 3.8) is 0 Å². The normalized spacial score (nSPS) is 19.0. The lowest BCUT2D eigenvalue weighted by molar-refractivity contribution is -0.131. The van der Waals surface area contributed by atoms with Gasteiger partial charge in [0.2, 0.25) is 5.91 Å². The minimum absolute atomic E-state index is 0.0280. The van der Waals surface area contributed by atoms with E-state index >= 15 is 0 Å². The molecule has 2 aliphatic rings. The summed E-state index contributed by atoms with van der Waals surface area (Å²) >= 11 is 0. The van der Waals surface area contributed by atoms with Crippen molar-refractivity contribution >= 4 is 24.6 Å². The first-order chi connectivity index (χ1) is 18.6. The molecule has 2 fully saturated rings. The quantitative estimate of drug-likeness (QED) is 0.505. The molecule has 0 unspecified atom stereocenters. The van der Waals surface area contributed by atoms with Gasteiger partial charge in [-0.1, -0.05) is 36.4 Å². The van der Waals surface area contributed by atoms with E-state index in [2.05, 4.69) is 17.4 Å². The van der Waals surface area contributed by atoms with E-state index in [0.717, 1.165) is 24.0 Å². The molecule has 0 saturated carbocycles. The number of hydrogen-bond donors (Lipinski definition) is 1. The number of piperidine rings is 1. The average molecular weight is 552 g/mol. The van der Waals surface area contributed by atoms with E-state index in [9.17, 15) is 14.0 Å². The minimum Gasteiger partial charge on any atom is -0.444 e. The van der Waals surface area contributed by atoms with Crippen molar-refractivity contribution in [3.8, 4) is 0 Å². The Morgan fingerprint density at radius 2 is 1.68 bits per heavy atom. The molecule has 7 nitrogen and oxygen atoms in total. The summed E-state index contributed by atoms with van der Waals surface area (Å²) in [5, 5.41) is 2.81. The van der Waals surface area contributed by atoms with Crippen LogP contribution in [0.4, 0.5) is 9.18 Å². The SMILES string of the molecule is CC(C)(C)OC(=O)NCc1cccc(C2CCN(C(=O)Cc3ccc(F)c(B4OC(C)(C)C(C)(C)O4)c3)CC2)c1. The number of benzene rings is 2. The molecule has 2 aromatic rings. The number of ether oxygens (including phenoxy) is 1.